The second kappa shape index (κ2) is 4.78. The predicted molar refractivity (Wildman–Crippen MR) is 64.2 cm³/mol. The molecule has 0 aromatic carbocycles. The van der Waals surface area contributed by atoms with Crippen molar-refractivity contribution in [2.75, 3.05) is 11.5 Å². The molecule has 17 heavy (non-hydrogen) atoms. The lowest BCUT2D eigenvalue weighted by Gasteiger charge is -2.20. The highest BCUT2D eigenvalue weighted by molar-refractivity contribution is 7.91. The van der Waals surface area contributed by atoms with Gasteiger partial charge < -0.3 is 10.2 Å². The molecule has 0 radical (unpaired) electrons. The molecule has 1 atom stereocenters. The largest absolute Gasteiger partial charge is 0.444 e. The molecule has 2 rings (SSSR count). The summed E-state index contributed by atoms with van der Waals surface area (Å²) in [5.74, 6) is 2.29. The van der Waals surface area contributed by atoms with Crippen molar-refractivity contribution in [2.24, 2.45) is 11.7 Å². The van der Waals surface area contributed by atoms with E-state index < -0.39 is 9.84 Å². The third-order valence-corrected chi connectivity index (χ3v) is 4.87. The Morgan fingerprint density at radius 3 is 2.71 bits per heavy atom. The first kappa shape index (κ1) is 12.6. The molecule has 1 aliphatic heterocycles. The van der Waals surface area contributed by atoms with Gasteiger partial charge in [-0.05, 0) is 25.7 Å². The standard InChI is InChI=1S/C11H18N2O3S/c1-8(12)10-7-13-11(16-10)6-9-2-4-17(14,15)5-3-9/h7-9H,2-6,12H2,1H3. The van der Waals surface area contributed by atoms with Crippen LogP contribution in [0.25, 0.3) is 0 Å². The minimum atomic E-state index is -2.79. The highest BCUT2D eigenvalue weighted by Crippen LogP contribution is 2.23. The fourth-order valence-electron chi connectivity index (χ4n) is 2.02. The molecular weight excluding hydrogens is 240 g/mol. The summed E-state index contributed by atoms with van der Waals surface area (Å²) >= 11 is 0. The summed E-state index contributed by atoms with van der Waals surface area (Å²) in [4.78, 5) is 4.17. The molecule has 96 valence electrons. The van der Waals surface area contributed by atoms with Gasteiger partial charge in [-0.25, -0.2) is 13.4 Å². The summed E-state index contributed by atoms with van der Waals surface area (Å²) in [7, 11) is -2.79. The fourth-order valence-corrected chi connectivity index (χ4v) is 3.61. The average molecular weight is 258 g/mol. The van der Waals surface area contributed by atoms with Crippen LogP contribution in [0.3, 0.4) is 0 Å². The highest BCUT2D eigenvalue weighted by Gasteiger charge is 2.25. The van der Waals surface area contributed by atoms with E-state index in [0.717, 1.165) is 0 Å². The van der Waals surface area contributed by atoms with Gasteiger partial charge in [0.2, 0.25) is 0 Å². The quantitative estimate of drug-likeness (QED) is 0.876. The van der Waals surface area contributed by atoms with Gasteiger partial charge in [0.15, 0.2) is 5.89 Å². The van der Waals surface area contributed by atoms with Crippen molar-refractivity contribution in [3.05, 3.63) is 17.8 Å². The van der Waals surface area contributed by atoms with E-state index >= 15 is 0 Å². The lowest BCUT2D eigenvalue weighted by molar-refractivity contribution is 0.378. The molecule has 1 unspecified atom stereocenters. The number of nitrogens with two attached hydrogens (primary N) is 1. The van der Waals surface area contributed by atoms with Gasteiger partial charge in [-0.1, -0.05) is 0 Å². The van der Waals surface area contributed by atoms with Crippen LogP contribution in [0.2, 0.25) is 0 Å². The van der Waals surface area contributed by atoms with Crippen LogP contribution in [0.1, 0.15) is 37.5 Å². The lowest BCUT2D eigenvalue weighted by atomic mass is 9.99. The molecule has 1 fully saturated rings. The smallest absolute Gasteiger partial charge is 0.194 e. The Bertz CT molecular complexity index is 465. The molecule has 2 N–H and O–H groups in total. The Kier molecular flexibility index (Phi) is 3.53. The minimum Gasteiger partial charge on any atom is -0.444 e. The molecule has 0 spiro atoms. The molecule has 1 aliphatic rings. The van der Waals surface area contributed by atoms with Crippen LogP contribution in [-0.2, 0) is 16.3 Å². The summed E-state index contributed by atoms with van der Waals surface area (Å²) in [6.45, 7) is 1.84. The van der Waals surface area contributed by atoms with E-state index in [1.165, 1.54) is 0 Å². The zero-order valence-corrected chi connectivity index (χ0v) is 10.7. The van der Waals surface area contributed by atoms with E-state index in [1.54, 1.807) is 6.20 Å². The third-order valence-electron chi connectivity index (χ3n) is 3.16. The normalized spacial score (nSPS) is 22.5. The molecule has 1 aromatic heterocycles. The second-order valence-electron chi connectivity index (χ2n) is 4.74. The van der Waals surface area contributed by atoms with Crippen molar-refractivity contribution in [3.8, 4) is 0 Å². The van der Waals surface area contributed by atoms with Crippen molar-refractivity contribution >= 4 is 9.84 Å². The summed E-state index contributed by atoms with van der Waals surface area (Å²) in [6, 6.07) is -0.150. The number of aromatic nitrogens is 1. The first-order valence-corrected chi connectivity index (χ1v) is 7.69. The molecule has 5 nitrogen and oxygen atoms in total. The number of hydrogen-bond donors (Lipinski definition) is 1. The van der Waals surface area contributed by atoms with Crippen LogP contribution in [0.5, 0.6) is 0 Å². The van der Waals surface area contributed by atoms with Gasteiger partial charge in [-0.15, -0.1) is 0 Å². The minimum absolute atomic E-state index is 0.150. The first-order valence-electron chi connectivity index (χ1n) is 5.87. The summed E-state index contributed by atoms with van der Waals surface area (Å²) < 4.78 is 28.1. The van der Waals surface area contributed by atoms with Gasteiger partial charge in [0.25, 0.3) is 0 Å². The number of oxazole rings is 1. The zero-order valence-electron chi connectivity index (χ0n) is 9.93. The SMILES string of the molecule is CC(N)c1cnc(CC2CCS(=O)(=O)CC2)o1. The van der Waals surface area contributed by atoms with Crippen molar-refractivity contribution in [3.63, 3.8) is 0 Å². The van der Waals surface area contributed by atoms with Crippen LogP contribution >= 0.6 is 0 Å². The second-order valence-corrected chi connectivity index (χ2v) is 7.05. The van der Waals surface area contributed by atoms with Crippen molar-refractivity contribution < 1.29 is 12.8 Å². The average Bonchev–Trinajstić information content (AvgIpc) is 2.70. The summed E-state index contributed by atoms with van der Waals surface area (Å²) in [5.41, 5.74) is 5.68. The number of rotatable bonds is 3. The lowest BCUT2D eigenvalue weighted by Crippen LogP contribution is -2.24. The Morgan fingerprint density at radius 2 is 2.18 bits per heavy atom. The molecule has 0 aliphatic carbocycles. The van der Waals surface area contributed by atoms with Crippen LogP contribution in [0, 0.1) is 5.92 Å². The fraction of sp³-hybridized carbons (Fsp3) is 0.727. The number of hydrogen-bond acceptors (Lipinski definition) is 5. The summed E-state index contributed by atoms with van der Waals surface area (Å²) in [5, 5.41) is 0. The molecule has 0 amide bonds. The van der Waals surface area contributed by atoms with E-state index in [2.05, 4.69) is 4.98 Å². The van der Waals surface area contributed by atoms with Gasteiger partial charge in [0.05, 0.1) is 23.7 Å². The van der Waals surface area contributed by atoms with Gasteiger partial charge in [0, 0.05) is 6.42 Å². The monoisotopic (exact) mass is 258 g/mol. The molecule has 6 heteroatoms. The number of nitrogens with zero attached hydrogens (tertiary/aromatic N) is 1. The molecular formula is C11H18N2O3S. The molecule has 2 heterocycles. The Hall–Kier alpha value is -0.880. The van der Waals surface area contributed by atoms with Gasteiger partial charge in [0.1, 0.15) is 15.6 Å². The number of sulfone groups is 1. The van der Waals surface area contributed by atoms with Gasteiger partial charge in [-0.2, -0.15) is 0 Å². The maximum atomic E-state index is 11.3. The Morgan fingerprint density at radius 1 is 1.53 bits per heavy atom. The van der Waals surface area contributed by atoms with Crippen molar-refractivity contribution in [2.45, 2.75) is 32.2 Å². The molecule has 1 aromatic rings. The maximum absolute atomic E-state index is 11.3. The van der Waals surface area contributed by atoms with E-state index in [1.807, 2.05) is 6.92 Å². The first-order chi connectivity index (χ1) is 7.96. The van der Waals surface area contributed by atoms with Crippen LogP contribution in [-0.4, -0.2) is 24.9 Å². The van der Waals surface area contributed by atoms with Gasteiger partial charge in [-0.3, -0.25) is 0 Å². The molecule has 0 saturated carbocycles. The van der Waals surface area contributed by atoms with Gasteiger partial charge >= 0.3 is 0 Å². The van der Waals surface area contributed by atoms with E-state index in [-0.39, 0.29) is 6.04 Å². The molecule has 1 saturated heterocycles. The van der Waals surface area contributed by atoms with Crippen molar-refractivity contribution in [1.82, 2.24) is 4.98 Å². The topological polar surface area (TPSA) is 86.2 Å². The maximum Gasteiger partial charge on any atom is 0.194 e. The predicted octanol–water partition coefficient (Wildman–Crippen LogP) is 1.06. The zero-order chi connectivity index (χ0) is 12.5. The van der Waals surface area contributed by atoms with E-state index in [9.17, 15) is 8.42 Å². The van der Waals surface area contributed by atoms with Crippen LogP contribution in [0.4, 0.5) is 0 Å². The van der Waals surface area contributed by atoms with Crippen molar-refractivity contribution in [1.29, 1.82) is 0 Å². The Labute approximate surface area is 101 Å². The summed E-state index contributed by atoms with van der Waals surface area (Å²) in [6.07, 6.45) is 3.78. The van der Waals surface area contributed by atoms with E-state index in [4.69, 9.17) is 10.2 Å². The Balaban J connectivity index is 1.93. The van der Waals surface area contributed by atoms with E-state index in [0.29, 0.717) is 48.3 Å². The molecule has 0 bridgehead atoms. The highest BCUT2D eigenvalue weighted by atomic mass is 32.2. The van der Waals surface area contributed by atoms with Crippen LogP contribution in [0.15, 0.2) is 10.6 Å². The van der Waals surface area contributed by atoms with Crippen LogP contribution < -0.4 is 5.73 Å². The third kappa shape index (κ3) is 3.29.